The number of aromatic nitrogens is 1. The average molecular weight is 367 g/mol. The van der Waals surface area contributed by atoms with Crippen molar-refractivity contribution in [2.24, 2.45) is 0 Å². The molecule has 1 aliphatic rings. The van der Waals surface area contributed by atoms with Crippen LogP contribution in [0.3, 0.4) is 0 Å². The fraction of sp³-hybridized carbons (Fsp3) is 0.238. The number of fused-ring (bicyclic) bond motifs is 1. The minimum Gasteiger partial charge on any atom is -0.480 e. The largest absolute Gasteiger partial charge is 0.480 e. The van der Waals surface area contributed by atoms with Crippen LogP contribution < -0.4 is 0 Å². The molecule has 2 unspecified atom stereocenters. The summed E-state index contributed by atoms with van der Waals surface area (Å²) in [6.45, 7) is 0.747. The number of hydrogen-bond acceptors (Lipinski definition) is 3. The summed E-state index contributed by atoms with van der Waals surface area (Å²) in [7, 11) is 0. The average Bonchev–Trinajstić information content (AvgIpc) is 3.13. The van der Waals surface area contributed by atoms with Gasteiger partial charge in [-0.3, -0.25) is 14.7 Å². The van der Waals surface area contributed by atoms with E-state index < -0.39 is 12.0 Å². The Kier molecular flexibility index (Phi) is 4.62. The smallest absolute Gasteiger partial charge is 0.320 e. The maximum atomic E-state index is 11.8. The van der Waals surface area contributed by atoms with Crippen LogP contribution in [0.1, 0.15) is 30.0 Å². The van der Waals surface area contributed by atoms with Crippen molar-refractivity contribution in [1.82, 2.24) is 9.88 Å². The minimum atomic E-state index is -0.768. The first-order valence-corrected chi connectivity index (χ1v) is 9.10. The number of carboxylic acid groups (broad SMARTS) is 1. The summed E-state index contributed by atoms with van der Waals surface area (Å²) in [5, 5.41) is 11.4. The zero-order valence-corrected chi connectivity index (χ0v) is 14.9. The van der Waals surface area contributed by atoms with Crippen molar-refractivity contribution >= 4 is 28.5 Å². The summed E-state index contributed by atoms with van der Waals surface area (Å²) in [5.41, 5.74) is 2.96. The molecule has 1 aromatic heterocycles. The van der Waals surface area contributed by atoms with Gasteiger partial charge >= 0.3 is 5.97 Å². The number of para-hydroxylation sites is 1. The van der Waals surface area contributed by atoms with Gasteiger partial charge in [0.05, 0.1) is 11.6 Å². The normalized spacial score (nSPS) is 18.9. The zero-order chi connectivity index (χ0) is 18.1. The first-order chi connectivity index (χ1) is 12.6. The maximum Gasteiger partial charge on any atom is 0.320 e. The highest BCUT2D eigenvalue weighted by atomic mass is 35.5. The highest BCUT2D eigenvalue weighted by Crippen LogP contribution is 2.36. The van der Waals surface area contributed by atoms with E-state index in [1.165, 1.54) is 0 Å². The summed E-state index contributed by atoms with van der Waals surface area (Å²) in [6, 6.07) is 17.1. The molecular weight excluding hydrogens is 348 g/mol. The molecular formula is C21H19ClN2O2. The summed E-state index contributed by atoms with van der Waals surface area (Å²) < 4.78 is 0. The highest BCUT2D eigenvalue weighted by molar-refractivity contribution is 6.30. The van der Waals surface area contributed by atoms with Gasteiger partial charge in [-0.05, 0) is 48.2 Å². The second-order valence-corrected chi connectivity index (χ2v) is 7.09. The molecule has 0 saturated carbocycles. The van der Waals surface area contributed by atoms with Crippen molar-refractivity contribution in [3.8, 4) is 0 Å². The number of pyridine rings is 1. The molecule has 2 atom stereocenters. The van der Waals surface area contributed by atoms with Crippen molar-refractivity contribution < 1.29 is 9.90 Å². The van der Waals surface area contributed by atoms with Crippen molar-refractivity contribution in [3.63, 3.8) is 0 Å². The molecule has 0 spiro atoms. The second-order valence-electron chi connectivity index (χ2n) is 6.65. The molecule has 1 aliphatic heterocycles. The number of halogens is 1. The number of aliphatic carboxylic acids is 1. The molecule has 0 bridgehead atoms. The topological polar surface area (TPSA) is 53.4 Å². The Morgan fingerprint density at radius 2 is 1.92 bits per heavy atom. The summed E-state index contributed by atoms with van der Waals surface area (Å²) >= 11 is 6.06. The third-order valence-electron chi connectivity index (χ3n) is 5.02. The van der Waals surface area contributed by atoms with Crippen LogP contribution in [0.2, 0.25) is 5.02 Å². The predicted molar refractivity (Wildman–Crippen MR) is 102 cm³/mol. The van der Waals surface area contributed by atoms with E-state index in [1.807, 2.05) is 54.7 Å². The number of rotatable bonds is 4. The van der Waals surface area contributed by atoms with Crippen LogP contribution in [-0.2, 0) is 4.79 Å². The van der Waals surface area contributed by atoms with Crippen LogP contribution in [0.15, 0.2) is 60.8 Å². The van der Waals surface area contributed by atoms with E-state index in [0.29, 0.717) is 11.4 Å². The van der Waals surface area contributed by atoms with Crippen LogP contribution in [0.25, 0.3) is 10.9 Å². The molecule has 4 rings (SSSR count). The quantitative estimate of drug-likeness (QED) is 0.737. The van der Waals surface area contributed by atoms with Crippen molar-refractivity contribution in [2.75, 3.05) is 6.54 Å². The molecule has 0 radical (unpaired) electrons. The van der Waals surface area contributed by atoms with Crippen LogP contribution in [-0.4, -0.2) is 33.5 Å². The monoisotopic (exact) mass is 366 g/mol. The number of likely N-dealkylation sites (tertiary alicyclic amines) is 1. The molecule has 5 heteroatoms. The SMILES string of the molecule is O=C(O)C1CCCN1C(c1ccc(Cl)cc1)c1cnc2ccccc2c1. The zero-order valence-electron chi connectivity index (χ0n) is 14.2. The molecule has 0 amide bonds. The first kappa shape index (κ1) is 17.0. The van der Waals surface area contributed by atoms with Gasteiger partial charge in [-0.2, -0.15) is 0 Å². The van der Waals surface area contributed by atoms with E-state index in [0.717, 1.165) is 35.0 Å². The van der Waals surface area contributed by atoms with E-state index in [4.69, 9.17) is 11.6 Å². The third-order valence-corrected chi connectivity index (χ3v) is 5.28. The van der Waals surface area contributed by atoms with E-state index in [2.05, 4.69) is 16.0 Å². The lowest BCUT2D eigenvalue weighted by Gasteiger charge is -2.32. The van der Waals surface area contributed by atoms with Crippen LogP contribution in [0, 0.1) is 0 Å². The van der Waals surface area contributed by atoms with Crippen LogP contribution >= 0.6 is 11.6 Å². The van der Waals surface area contributed by atoms with E-state index in [1.54, 1.807) is 0 Å². The molecule has 2 aromatic carbocycles. The maximum absolute atomic E-state index is 11.8. The minimum absolute atomic E-state index is 0.159. The van der Waals surface area contributed by atoms with Crippen molar-refractivity contribution in [2.45, 2.75) is 24.9 Å². The van der Waals surface area contributed by atoms with Gasteiger partial charge in [0.1, 0.15) is 6.04 Å². The third kappa shape index (κ3) is 3.18. The first-order valence-electron chi connectivity index (χ1n) is 8.72. The Morgan fingerprint density at radius 3 is 2.69 bits per heavy atom. The Morgan fingerprint density at radius 1 is 1.15 bits per heavy atom. The summed E-state index contributed by atoms with van der Waals surface area (Å²) in [5.74, 6) is -0.768. The number of hydrogen-bond donors (Lipinski definition) is 1. The molecule has 0 aliphatic carbocycles. The lowest BCUT2D eigenvalue weighted by molar-refractivity contribution is -0.142. The van der Waals surface area contributed by atoms with Gasteiger partial charge in [-0.15, -0.1) is 0 Å². The number of carboxylic acids is 1. The molecule has 1 fully saturated rings. The van der Waals surface area contributed by atoms with E-state index in [9.17, 15) is 9.90 Å². The molecule has 1 saturated heterocycles. The molecule has 132 valence electrons. The van der Waals surface area contributed by atoms with Crippen LogP contribution in [0.5, 0.6) is 0 Å². The summed E-state index contributed by atoms with van der Waals surface area (Å²) in [6.07, 6.45) is 3.40. The van der Waals surface area contributed by atoms with Crippen molar-refractivity contribution in [3.05, 3.63) is 76.9 Å². The number of benzene rings is 2. The second kappa shape index (κ2) is 7.06. The number of carbonyl (C=O) groups is 1. The Labute approximate surface area is 157 Å². The van der Waals surface area contributed by atoms with Gasteiger partial charge in [0.15, 0.2) is 0 Å². The van der Waals surface area contributed by atoms with Gasteiger partial charge in [0, 0.05) is 23.2 Å². The Bertz CT molecular complexity index is 942. The van der Waals surface area contributed by atoms with Gasteiger partial charge in [-0.1, -0.05) is 41.9 Å². The Balaban J connectivity index is 1.83. The lowest BCUT2D eigenvalue weighted by Crippen LogP contribution is -2.39. The van der Waals surface area contributed by atoms with Gasteiger partial charge in [0.2, 0.25) is 0 Å². The van der Waals surface area contributed by atoms with E-state index in [-0.39, 0.29) is 6.04 Å². The van der Waals surface area contributed by atoms with Crippen LogP contribution in [0.4, 0.5) is 0 Å². The highest BCUT2D eigenvalue weighted by Gasteiger charge is 2.37. The standard InChI is InChI=1S/C21H19ClN2O2/c22-17-9-7-14(8-10-17)20(24-11-3-6-19(24)21(25)26)16-12-15-4-1-2-5-18(15)23-13-16/h1-2,4-5,7-10,12-13,19-20H,3,6,11H2,(H,25,26). The van der Waals surface area contributed by atoms with Gasteiger partial charge in [0.25, 0.3) is 0 Å². The fourth-order valence-electron chi connectivity index (χ4n) is 3.82. The fourth-order valence-corrected chi connectivity index (χ4v) is 3.95. The molecule has 2 heterocycles. The molecule has 3 aromatic rings. The molecule has 4 nitrogen and oxygen atoms in total. The lowest BCUT2D eigenvalue weighted by atomic mass is 9.96. The predicted octanol–water partition coefficient (Wildman–Crippen LogP) is 4.53. The summed E-state index contributed by atoms with van der Waals surface area (Å²) in [4.78, 5) is 18.4. The molecule has 1 N–H and O–H groups in total. The van der Waals surface area contributed by atoms with Gasteiger partial charge in [-0.25, -0.2) is 0 Å². The molecule has 26 heavy (non-hydrogen) atoms. The van der Waals surface area contributed by atoms with Crippen molar-refractivity contribution in [1.29, 1.82) is 0 Å². The number of nitrogens with zero attached hydrogens (tertiary/aromatic N) is 2. The Hall–Kier alpha value is -2.43. The van der Waals surface area contributed by atoms with E-state index >= 15 is 0 Å². The van der Waals surface area contributed by atoms with Gasteiger partial charge < -0.3 is 5.11 Å².